The molecule has 0 saturated carbocycles. The molecular formula is C20H20N4O4. The number of nitrogens with zero attached hydrogens (tertiary/aromatic N) is 2. The summed E-state index contributed by atoms with van der Waals surface area (Å²) in [5, 5.41) is 2.98. The van der Waals surface area contributed by atoms with E-state index in [2.05, 4.69) is 10.3 Å². The second kappa shape index (κ2) is 7.59. The van der Waals surface area contributed by atoms with Crippen molar-refractivity contribution in [1.82, 2.24) is 4.90 Å². The summed E-state index contributed by atoms with van der Waals surface area (Å²) in [5.41, 5.74) is 7.49. The van der Waals surface area contributed by atoms with E-state index in [0.29, 0.717) is 41.5 Å². The van der Waals surface area contributed by atoms with E-state index in [4.69, 9.17) is 15.2 Å². The number of nitrogens with two attached hydrogens (primary N) is 1. The van der Waals surface area contributed by atoms with Crippen molar-refractivity contribution in [2.24, 2.45) is 10.7 Å². The van der Waals surface area contributed by atoms with E-state index in [1.165, 1.54) is 4.90 Å². The number of rotatable bonds is 4. The molecule has 0 saturated heterocycles. The number of aliphatic imine (C=N–C) groups is 1. The molecule has 0 unspecified atom stereocenters. The van der Waals surface area contributed by atoms with Crippen molar-refractivity contribution in [1.29, 1.82) is 0 Å². The van der Waals surface area contributed by atoms with Crippen molar-refractivity contribution in [3.8, 4) is 11.5 Å². The summed E-state index contributed by atoms with van der Waals surface area (Å²) in [6, 6.07) is 12.2. The van der Waals surface area contributed by atoms with Crippen molar-refractivity contribution in [3.63, 3.8) is 0 Å². The van der Waals surface area contributed by atoms with Gasteiger partial charge in [0.05, 0.1) is 30.9 Å². The monoisotopic (exact) mass is 380 g/mol. The number of carbonyl (C=O) groups excluding carboxylic acids is 2. The number of nitrogens with one attached hydrogen (secondary N) is 1. The van der Waals surface area contributed by atoms with Crippen LogP contribution in [0.5, 0.6) is 11.5 Å². The van der Waals surface area contributed by atoms with Crippen LogP contribution in [-0.2, 0) is 0 Å². The number of anilines is 1. The van der Waals surface area contributed by atoms with Crippen LogP contribution in [0.2, 0.25) is 0 Å². The van der Waals surface area contributed by atoms with Gasteiger partial charge in [0.25, 0.3) is 11.8 Å². The lowest BCUT2D eigenvalue weighted by atomic mass is 10.1. The topological polar surface area (TPSA) is 106 Å². The second-order valence-electron chi connectivity index (χ2n) is 6.41. The first kappa shape index (κ1) is 17.8. The van der Waals surface area contributed by atoms with Gasteiger partial charge in [0.2, 0.25) is 0 Å². The Morgan fingerprint density at radius 3 is 2.43 bits per heavy atom. The van der Waals surface area contributed by atoms with Gasteiger partial charge in [-0.05, 0) is 24.3 Å². The third-order valence-electron chi connectivity index (χ3n) is 4.50. The predicted molar refractivity (Wildman–Crippen MR) is 104 cm³/mol. The molecule has 2 aromatic rings. The third kappa shape index (κ3) is 3.48. The molecule has 2 heterocycles. The van der Waals surface area contributed by atoms with Gasteiger partial charge in [0.1, 0.15) is 0 Å². The molecule has 0 aliphatic carbocycles. The van der Waals surface area contributed by atoms with Crippen molar-refractivity contribution in [2.75, 3.05) is 31.6 Å². The molecule has 0 radical (unpaired) electrons. The third-order valence-corrected chi connectivity index (χ3v) is 4.50. The van der Waals surface area contributed by atoms with Crippen LogP contribution >= 0.6 is 0 Å². The van der Waals surface area contributed by atoms with E-state index in [1.54, 1.807) is 30.3 Å². The van der Waals surface area contributed by atoms with Crippen LogP contribution in [0.3, 0.4) is 0 Å². The fourth-order valence-corrected chi connectivity index (χ4v) is 3.14. The Morgan fingerprint density at radius 1 is 1.04 bits per heavy atom. The first-order chi connectivity index (χ1) is 13.6. The standard InChI is InChI=1S/C20H20N4O4/c21-20(23-13-6-7-16-17(12-13)28-11-3-10-27-16)22-8-9-24-18(25)14-4-1-2-5-15(14)19(24)26/h1-2,4-7,12H,3,8-11H2,(H3,21,22,23). The minimum Gasteiger partial charge on any atom is -0.490 e. The maximum atomic E-state index is 12.3. The number of ether oxygens (including phenoxy) is 2. The summed E-state index contributed by atoms with van der Waals surface area (Å²) in [6.07, 6.45) is 0.832. The first-order valence-corrected chi connectivity index (χ1v) is 9.05. The number of hydrogen-bond acceptors (Lipinski definition) is 5. The number of guanidine groups is 1. The summed E-state index contributed by atoms with van der Waals surface area (Å²) in [4.78, 5) is 30.0. The van der Waals surface area contributed by atoms with Crippen molar-refractivity contribution in [3.05, 3.63) is 53.6 Å². The molecule has 0 bridgehead atoms. The van der Waals surface area contributed by atoms with Crippen LogP contribution < -0.4 is 20.5 Å². The quantitative estimate of drug-likeness (QED) is 0.476. The van der Waals surface area contributed by atoms with Gasteiger partial charge in [0.15, 0.2) is 17.5 Å². The Labute approximate surface area is 161 Å². The molecular weight excluding hydrogens is 360 g/mol. The lowest BCUT2D eigenvalue weighted by molar-refractivity contribution is 0.0659. The highest BCUT2D eigenvalue weighted by Gasteiger charge is 2.34. The van der Waals surface area contributed by atoms with Crippen LogP contribution in [0.15, 0.2) is 47.5 Å². The van der Waals surface area contributed by atoms with Crippen LogP contribution in [-0.4, -0.2) is 49.0 Å². The number of amides is 2. The highest BCUT2D eigenvalue weighted by atomic mass is 16.5. The number of benzene rings is 2. The molecule has 4 rings (SSSR count). The predicted octanol–water partition coefficient (Wildman–Crippen LogP) is 1.87. The average Bonchev–Trinajstić information content (AvgIpc) is 2.86. The molecule has 2 aromatic carbocycles. The Bertz CT molecular complexity index is 922. The fourth-order valence-electron chi connectivity index (χ4n) is 3.14. The Morgan fingerprint density at radius 2 is 1.71 bits per heavy atom. The number of carbonyl (C=O) groups is 2. The highest BCUT2D eigenvalue weighted by molar-refractivity contribution is 6.21. The molecule has 2 aliphatic heterocycles. The molecule has 144 valence electrons. The lowest BCUT2D eigenvalue weighted by Gasteiger charge is -2.13. The number of imide groups is 1. The van der Waals surface area contributed by atoms with Gasteiger partial charge in [-0.25, -0.2) is 0 Å². The first-order valence-electron chi connectivity index (χ1n) is 9.05. The zero-order valence-electron chi connectivity index (χ0n) is 15.2. The Kier molecular flexibility index (Phi) is 4.84. The Balaban J connectivity index is 1.36. The van der Waals surface area contributed by atoms with Gasteiger partial charge < -0.3 is 20.5 Å². The summed E-state index contributed by atoms with van der Waals surface area (Å²) in [7, 11) is 0. The van der Waals surface area contributed by atoms with Gasteiger partial charge in [-0.1, -0.05) is 12.1 Å². The van der Waals surface area contributed by atoms with Crippen molar-refractivity contribution in [2.45, 2.75) is 6.42 Å². The van der Waals surface area contributed by atoms with Crippen LogP contribution in [0.4, 0.5) is 5.69 Å². The summed E-state index contributed by atoms with van der Waals surface area (Å²) in [5.74, 6) is 0.937. The van der Waals surface area contributed by atoms with Gasteiger partial charge in [-0.2, -0.15) is 0 Å². The van der Waals surface area contributed by atoms with E-state index in [1.807, 2.05) is 12.1 Å². The SMILES string of the molecule is NC(=NCCN1C(=O)c2ccccc2C1=O)Nc1ccc2c(c1)OCCCO2. The van der Waals surface area contributed by atoms with Gasteiger partial charge >= 0.3 is 0 Å². The molecule has 0 spiro atoms. The van der Waals surface area contributed by atoms with E-state index in [0.717, 1.165) is 6.42 Å². The van der Waals surface area contributed by atoms with E-state index in [-0.39, 0.29) is 30.9 Å². The lowest BCUT2D eigenvalue weighted by Crippen LogP contribution is -2.33. The zero-order chi connectivity index (χ0) is 19.5. The van der Waals surface area contributed by atoms with Gasteiger partial charge in [-0.15, -0.1) is 0 Å². The van der Waals surface area contributed by atoms with Gasteiger partial charge in [-0.3, -0.25) is 19.5 Å². The molecule has 0 fully saturated rings. The van der Waals surface area contributed by atoms with Crippen LogP contribution in [0, 0.1) is 0 Å². The highest BCUT2D eigenvalue weighted by Crippen LogP contribution is 2.32. The summed E-state index contributed by atoms with van der Waals surface area (Å²) < 4.78 is 11.2. The summed E-state index contributed by atoms with van der Waals surface area (Å²) >= 11 is 0. The summed E-state index contributed by atoms with van der Waals surface area (Å²) in [6.45, 7) is 1.59. The van der Waals surface area contributed by atoms with E-state index in [9.17, 15) is 9.59 Å². The van der Waals surface area contributed by atoms with E-state index < -0.39 is 0 Å². The molecule has 28 heavy (non-hydrogen) atoms. The maximum absolute atomic E-state index is 12.3. The molecule has 0 aromatic heterocycles. The molecule has 3 N–H and O–H groups in total. The van der Waals surface area contributed by atoms with Crippen LogP contribution in [0.25, 0.3) is 0 Å². The molecule has 2 amide bonds. The molecule has 2 aliphatic rings. The zero-order valence-corrected chi connectivity index (χ0v) is 15.2. The molecule has 8 nitrogen and oxygen atoms in total. The van der Waals surface area contributed by atoms with E-state index >= 15 is 0 Å². The largest absolute Gasteiger partial charge is 0.490 e. The average molecular weight is 380 g/mol. The maximum Gasteiger partial charge on any atom is 0.261 e. The number of fused-ring (bicyclic) bond motifs is 2. The smallest absolute Gasteiger partial charge is 0.261 e. The minimum absolute atomic E-state index is 0.163. The fraction of sp³-hybridized carbons (Fsp3) is 0.250. The molecule has 8 heteroatoms. The molecule has 0 atom stereocenters. The van der Waals surface area contributed by atoms with Gasteiger partial charge in [0, 0.05) is 24.7 Å². The van der Waals surface area contributed by atoms with Crippen LogP contribution in [0.1, 0.15) is 27.1 Å². The normalized spacial score (nSPS) is 16.0. The Hall–Kier alpha value is -3.55. The number of hydrogen-bond donors (Lipinski definition) is 2. The van der Waals surface area contributed by atoms with Crippen molar-refractivity contribution >= 4 is 23.5 Å². The second-order valence-corrected chi connectivity index (χ2v) is 6.41. The minimum atomic E-state index is -0.301. The van der Waals surface area contributed by atoms with Crippen molar-refractivity contribution < 1.29 is 19.1 Å².